The average molecular weight is 332 g/mol. The maximum Gasteiger partial charge on any atom is 0.408 e. The lowest BCUT2D eigenvalue weighted by molar-refractivity contribution is 0.0507. The molecule has 19 heavy (non-hydrogen) atoms. The molecule has 1 rings (SSSR count). The first kappa shape index (κ1) is 16.0. The van der Waals surface area contributed by atoms with Crippen molar-refractivity contribution in [3.63, 3.8) is 0 Å². The Hall–Kier alpha value is -1.10. The first-order valence-electron chi connectivity index (χ1n) is 6.05. The largest absolute Gasteiger partial charge is 0.444 e. The second-order valence-electron chi connectivity index (χ2n) is 5.49. The summed E-state index contributed by atoms with van der Waals surface area (Å²) in [5.74, 6) is -0.349. The summed E-state index contributed by atoms with van der Waals surface area (Å²) >= 11 is 3.13. The van der Waals surface area contributed by atoms with Crippen molar-refractivity contribution in [2.24, 2.45) is 0 Å². The molecule has 1 atom stereocenters. The third-order valence-corrected chi connectivity index (χ3v) is 3.12. The molecule has 0 heterocycles. The maximum atomic E-state index is 13.5. The van der Waals surface area contributed by atoms with Gasteiger partial charge in [0.15, 0.2) is 0 Å². The van der Waals surface area contributed by atoms with Crippen molar-refractivity contribution >= 4 is 22.0 Å². The Morgan fingerprint density at radius 2 is 2.00 bits per heavy atom. The molecule has 0 radical (unpaired) electrons. The van der Waals surface area contributed by atoms with E-state index in [0.29, 0.717) is 4.47 Å². The predicted molar refractivity (Wildman–Crippen MR) is 76.6 cm³/mol. The molecule has 0 unspecified atom stereocenters. The molecule has 0 aliphatic heterocycles. The Morgan fingerprint density at radius 3 is 2.53 bits per heavy atom. The zero-order valence-corrected chi connectivity index (χ0v) is 13.4. The minimum absolute atomic E-state index is 0.322. The first-order valence-corrected chi connectivity index (χ1v) is 6.84. The van der Waals surface area contributed by atoms with Crippen molar-refractivity contribution in [1.82, 2.24) is 5.32 Å². The van der Waals surface area contributed by atoms with Gasteiger partial charge < -0.3 is 10.1 Å². The molecule has 0 fully saturated rings. The molecule has 0 aliphatic rings. The van der Waals surface area contributed by atoms with E-state index in [4.69, 9.17) is 4.74 Å². The van der Waals surface area contributed by atoms with Crippen molar-refractivity contribution in [2.45, 2.75) is 46.3 Å². The smallest absolute Gasteiger partial charge is 0.408 e. The monoisotopic (exact) mass is 331 g/mol. The van der Waals surface area contributed by atoms with Crippen LogP contribution in [0, 0.1) is 12.7 Å². The molecular formula is C14H19BrFNO2. The molecule has 106 valence electrons. The van der Waals surface area contributed by atoms with Crippen molar-refractivity contribution in [1.29, 1.82) is 0 Å². The highest BCUT2D eigenvalue weighted by atomic mass is 79.9. The van der Waals surface area contributed by atoms with Crippen LogP contribution in [0.5, 0.6) is 0 Å². The number of alkyl carbamates (subject to hydrolysis) is 1. The second kappa shape index (κ2) is 5.90. The summed E-state index contributed by atoms with van der Waals surface area (Å²) < 4.78 is 19.1. The van der Waals surface area contributed by atoms with Crippen LogP contribution in [0.15, 0.2) is 16.6 Å². The third kappa shape index (κ3) is 4.82. The fourth-order valence-corrected chi connectivity index (χ4v) is 2.15. The highest BCUT2D eigenvalue weighted by molar-refractivity contribution is 9.10. The lowest BCUT2D eigenvalue weighted by Gasteiger charge is -2.23. The lowest BCUT2D eigenvalue weighted by Crippen LogP contribution is -2.34. The van der Waals surface area contributed by atoms with Gasteiger partial charge in [0, 0.05) is 0 Å². The van der Waals surface area contributed by atoms with Crippen LogP contribution in [0.1, 0.15) is 44.9 Å². The minimum Gasteiger partial charge on any atom is -0.444 e. The predicted octanol–water partition coefficient (Wildman–Crippen LogP) is 4.48. The highest BCUT2D eigenvalue weighted by Gasteiger charge is 2.19. The van der Waals surface area contributed by atoms with Gasteiger partial charge in [-0.25, -0.2) is 9.18 Å². The third-order valence-electron chi connectivity index (χ3n) is 2.51. The number of carbonyl (C=O) groups excluding carboxylic acids is 1. The highest BCUT2D eigenvalue weighted by Crippen LogP contribution is 2.25. The van der Waals surface area contributed by atoms with Crippen LogP contribution in [0.25, 0.3) is 0 Å². The van der Waals surface area contributed by atoms with Crippen molar-refractivity contribution in [3.8, 4) is 0 Å². The molecule has 0 saturated heterocycles. The SMILES string of the molecule is Cc1cc(Br)c(F)cc1[C@@H](C)NC(=O)OC(C)(C)C. The molecular weight excluding hydrogens is 313 g/mol. The molecule has 1 amide bonds. The Bertz CT molecular complexity index is 483. The fraction of sp³-hybridized carbons (Fsp3) is 0.500. The molecule has 0 bridgehead atoms. The van der Waals surface area contributed by atoms with Gasteiger partial charge >= 0.3 is 6.09 Å². The van der Waals surface area contributed by atoms with E-state index in [2.05, 4.69) is 21.2 Å². The summed E-state index contributed by atoms with van der Waals surface area (Å²) in [6.07, 6.45) is -0.511. The molecule has 5 heteroatoms. The number of nitrogens with one attached hydrogen (secondary N) is 1. The van der Waals surface area contributed by atoms with E-state index in [0.717, 1.165) is 11.1 Å². The van der Waals surface area contributed by atoms with Gasteiger partial charge in [-0.2, -0.15) is 0 Å². The molecule has 1 aromatic rings. The van der Waals surface area contributed by atoms with Gasteiger partial charge in [-0.1, -0.05) is 0 Å². The molecule has 1 N–H and O–H groups in total. The Labute approximate surface area is 121 Å². The van der Waals surface area contributed by atoms with E-state index >= 15 is 0 Å². The van der Waals surface area contributed by atoms with Gasteiger partial charge in [-0.05, 0) is 73.8 Å². The average Bonchev–Trinajstić information content (AvgIpc) is 2.20. The fourth-order valence-electron chi connectivity index (χ4n) is 1.69. The van der Waals surface area contributed by atoms with Gasteiger partial charge in [-0.3, -0.25) is 0 Å². The summed E-state index contributed by atoms with van der Waals surface area (Å²) in [4.78, 5) is 11.7. The molecule has 0 aliphatic carbocycles. The summed E-state index contributed by atoms with van der Waals surface area (Å²) in [5, 5.41) is 2.70. The van der Waals surface area contributed by atoms with Gasteiger partial charge in [0.1, 0.15) is 11.4 Å². The number of rotatable bonds is 2. The van der Waals surface area contributed by atoms with Crippen LogP contribution in [0.3, 0.4) is 0 Å². The molecule has 0 spiro atoms. The van der Waals surface area contributed by atoms with Gasteiger partial charge in [-0.15, -0.1) is 0 Å². The zero-order chi connectivity index (χ0) is 14.8. The summed E-state index contributed by atoms with van der Waals surface area (Å²) in [5.41, 5.74) is 1.08. The first-order chi connectivity index (χ1) is 8.60. The summed E-state index contributed by atoms with van der Waals surface area (Å²) in [6, 6.07) is 2.79. The van der Waals surface area contributed by atoms with E-state index in [9.17, 15) is 9.18 Å². The number of halogens is 2. The van der Waals surface area contributed by atoms with Crippen LogP contribution >= 0.6 is 15.9 Å². The number of carbonyl (C=O) groups is 1. The number of benzene rings is 1. The van der Waals surface area contributed by atoms with Crippen LogP contribution in [0.2, 0.25) is 0 Å². The minimum atomic E-state index is -0.552. The van der Waals surface area contributed by atoms with E-state index in [1.807, 2.05) is 6.92 Å². The van der Waals surface area contributed by atoms with Gasteiger partial charge in [0.05, 0.1) is 10.5 Å². The Balaban J connectivity index is 2.81. The van der Waals surface area contributed by atoms with Crippen LogP contribution < -0.4 is 5.32 Å². The number of aryl methyl sites for hydroxylation is 1. The number of ether oxygens (including phenoxy) is 1. The normalized spacial score (nSPS) is 13.0. The van der Waals surface area contributed by atoms with E-state index in [1.165, 1.54) is 6.07 Å². The summed E-state index contributed by atoms with van der Waals surface area (Å²) in [6.45, 7) is 9.04. The molecule has 0 saturated carbocycles. The molecule has 1 aromatic carbocycles. The van der Waals surface area contributed by atoms with Crippen LogP contribution in [-0.2, 0) is 4.74 Å². The van der Waals surface area contributed by atoms with E-state index in [1.54, 1.807) is 33.8 Å². The standard InChI is InChI=1S/C14H19BrFNO2/c1-8-6-11(15)12(16)7-10(8)9(2)17-13(18)19-14(3,4)5/h6-7,9H,1-5H3,(H,17,18)/t9-/m1/s1. The maximum absolute atomic E-state index is 13.5. The molecule has 3 nitrogen and oxygen atoms in total. The Morgan fingerprint density at radius 1 is 1.42 bits per heavy atom. The van der Waals surface area contributed by atoms with Gasteiger partial charge in [0.2, 0.25) is 0 Å². The van der Waals surface area contributed by atoms with Crippen molar-refractivity contribution in [2.75, 3.05) is 0 Å². The topological polar surface area (TPSA) is 38.3 Å². The Kier molecular flexibility index (Phi) is 4.96. The summed E-state index contributed by atoms with van der Waals surface area (Å²) in [7, 11) is 0. The van der Waals surface area contributed by atoms with Gasteiger partial charge in [0.25, 0.3) is 0 Å². The molecule has 0 aromatic heterocycles. The van der Waals surface area contributed by atoms with Crippen molar-refractivity contribution in [3.05, 3.63) is 33.5 Å². The van der Waals surface area contributed by atoms with E-state index in [-0.39, 0.29) is 11.9 Å². The zero-order valence-electron chi connectivity index (χ0n) is 11.8. The second-order valence-corrected chi connectivity index (χ2v) is 6.35. The lowest BCUT2D eigenvalue weighted by atomic mass is 10.0. The van der Waals surface area contributed by atoms with Crippen molar-refractivity contribution < 1.29 is 13.9 Å². The quantitative estimate of drug-likeness (QED) is 0.867. The number of hydrogen-bond acceptors (Lipinski definition) is 2. The van der Waals surface area contributed by atoms with Crippen LogP contribution in [0.4, 0.5) is 9.18 Å². The van der Waals surface area contributed by atoms with Crippen LogP contribution in [-0.4, -0.2) is 11.7 Å². The van der Waals surface area contributed by atoms with E-state index < -0.39 is 11.7 Å². The number of hydrogen-bond donors (Lipinski definition) is 1. The number of amides is 1.